The molecule has 2 heterocycles. The maximum absolute atomic E-state index is 11.8. The van der Waals surface area contributed by atoms with E-state index in [9.17, 15) is 4.79 Å². The number of aromatic nitrogens is 1. The molecule has 16 heavy (non-hydrogen) atoms. The second-order valence-corrected chi connectivity index (χ2v) is 4.42. The zero-order valence-electron chi connectivity index (χ0n) is 9.48. The third-order valence-corrected chi connectivity index (χ3v) is 3.16. The quantitative estimate of drug-likeness (QED) is 0.786. The molecule has 86 valence electrons. The molecule has 1 saturated heterocycles. The second-order valence-electron chi connectivity index (χ2n) is 4.42. The maximum Gasteiger partial charge on any atom is 0.164 e. The standard InChI is InChI=1S/C13H18N2O/c16-13(12-4-2-8-15-10-12)6-5-11-3-1-7-14-9-11/h2,4,8,10-11,14H,1,3,5-7,9H2. The number of hydrogen-bond donors (Lipinski definition) is 1. The van der Waals surface area contributed by atoms with Crippen LogP contribution in [0, 0.1) is 5.92 Å². The summed E-state index contributed by atoms with van der Waals surface area (Å²) < 4.78 is 0. The van der Waals surface area contributed by atoms with Crippen LogP contribution in [0.1, 0.15) is 36.0 Å². The number of rotatable bonds is 4. The van der Waals surface area contributed by atoms with Crippen molar-refractivity contribution in [2.75, 3.05) is 13.1 Å². The Balaban J connectivity index is 1.79. The number of ketones is 1. The van der Waals surface area contributed by atoms with Gasteiger partial charge >= 0.3 is 0 Å². The van der Waals surface area contributed by atoms with Crippen LogP contribution in [0.2, 0.25) is 0 Å². The van der Waals surface area contributed by atoms with Gasteiger partial charge in [-0.2, -0.15) is 0 Å². The number of nitrogens with one attached hydrogen (secondary N) is 1. The lowest BCUT2D eigenvalue weighted by Crippen LogP contribution is -2.30. The molecule has 1 aromatic heterocycles. The fourth-order valence-corrected chi connectivity index (χ4v) is 2.18. The first kappa shape index (κ1) is 11.3. The van der Waals surface area contributed by atoms with Crippen LogP contribution in [-0.4, -0.2) is 23.9 Å². The van der Waals surface area contributed by atoms with E-state index in [2.05, 4.69) is 10.3 Å². The molecule has 3 nitrogen and oxygen atoms in total. The van der Waals surface area contributed by atoms with Crippen molar-refractivity contribution in [3.05, 3.63) is 30.1 Å². The van der Waals surface area contributed by atoms with E-state index in [0.29, 0.717) is 12.3 Å². The van der Waals surface area contributed by atoms with E-state index in [1.54, 1.807) is 12.4 Å². The fraction of sp³-hybridized carbons (Fsp3) is 0.538. The van der Waals surface area contributed by atoms with E-state index in [0.717, 1.165) is 25.1 Å². The largest absolute Gasteiger partial charge is 0.316 e. The van der Waals surface area contributed by atoms with Crippen molar-refractivity contribution >= 4 is 5.78 Å². The average Bonchev–Trinajstić information content (AvgIpc) is 2.38. The van der Waals surface area contributed by atoms with Gasteiger partial charge in [-0.15, -0.1) is 0 Å². The molecule has 0 saturated carbocycles. The third-order valence-electron chi connectivity index (χ3n) is 3.16. The molecule has 1 N–H and O–H groups in total. The monoisotopic (exact) mass is 218 g/mol. The first-order valence-electron chi connectivity index (χ1n) is 6.00. The smallest absolute Gasteiger partial charge is 0.164 e. The highest BCUT2D eigenvalue weighted by molar-refractivity contribution is 5.95. The summed E-state index contributed by atoms with van der Waals surface area (Å²) in [7, 11) is 0. The normalized spacial score (nSPS) is 20.6. The number of carbonyl (C=O) groups excluding carboxylic acids is 1. The van der Waals surface area contributed by atoms with Gasteiger partial charge in [0, 0.05) is 24.4 Å². The predicted molar refractivity (Wildman–Crippen MR) is 63.4 cm³/mol. The highest BCUT2D eigenvalue weighted by atomic mass is 16.1. The molecule has 0 radical (unpaired) electrons. The van der Waals surface area contributed by atoms with Crippen molar-refractivity contribution in [2.24, 2.45) is 5.92 Å². The van der Waals surface area contributed by atoms with Gasteiger partial charge in [0.15, 0.2) is 5.78 Å². The predicted octanol–water partition coefficient (Wildman–Crippen LogP) is 2.04. The van der Waals surface area contributed by atoms with E-state index >= 15 is 0 Å². The fourth-order valence-electron chi connectivity index (χ4n) is 2.18. The second kappa shape index (κ2) is 5.75. The van der Waals surface area contributed by atoms with Crippen molar-refractivity contribution in [3.63, 3.8) is 0 Å². The van der Waals surface area contributed by atoms with Crippen LogP contribution < -0.4 is 5.32 Å². The topological polar surface area (TPSA) is 42.0 Å². The van der Waals surface area contributed by atoms with Crippen LogP contribution >= 0.6 is 0 Å². The Bertz CT molecular complexity index is 331. The summed E-state index contributed by atoms with van der Waals surface area (Å²) in [5.74, 6) is 0.896. The lowest BCUT2D eigenvalue weighted by Gasteiger charge is -2.22. The van der Waals surface area contributed by atoms with E-state index in [4.69, 9.17) is 0 Å². The van der Waals surface area contributed by atoms with Gasteiger partial charge in [-0.1, -0.05) is 0 Å². The van der Waals surface area contributed by atoms with Crippen molar-refractivity contribution in [3.8, 4) is 0 Å². The van der Waals surface area contributed by atoms with Gasteiger partial charge < -0.3 is 5.32 Å². The number of hydrogen-bond acceptors (Lipinski definition) is 3. The van der Waals surface area contributed by atoms with Gasteiger partial charge in [0.1, 0.15) is 0 Å². The summed E-state index contributed by atoms with van der Waals surface area (Å²) in [6.07, 6.45) is 7.50. The molecule has 0 spiro atoms. The molecule has 2 rings (SSSR count). The number of piperidine rings is 1. The summed E-state index contributed by atoms with van der Waals surface area (Å²) in [4.78, 5) is 15.8. The highest BCUT2D eigenvalue weighted by Crippen LogP contribution is 2.17. The third kappa shape index (κ3) is 3.14. The zero-order valence-corrected chi connectivity index (χ0v) is 9.48. The van der Waals surface area contributed by atoms with E-state index in [1.807, 2.05) is 12.1 Å². The number of Topliss-reactive ketones (excluding diaryl/α,β-unsaturated/α-hetero) is 1. The van der Waals surface area contributed by atoms with Crippen LogP contribution in [0.4, 0.5) is 0 Å². The SMILES string of the molecule is O=C(CCC1CCCNC1)c1cccnc1. The lowest BCUT2D eigenvalue weighted by molar-refractivity contribution is 0.0971. The Morgan fingerprint density at radius 2 is 2.50 bits per heavy atom. The number of pyridine rings is 1. The zero-order chi connectivity index (χ0) is 11.2. The van der Waals surface area contributed by atoms with E-state index in [1.165, 1.54) is 12.8 Å². The Labute approximate surface area is 96.3 Å². The Kier molecular flexibility index (Phi) is 4.05. The average molecular weight is 218 g/mol. The molecule has 0 bridgehead atoms. The van der Waals surface area contributed by atoms with Gasteiger partial charge in [-0.25, -0.2) is 0 Å². The molecule has 1 aliphatic rings. The Hall–Kier alpha value is -1.22. The van der Waals surface area contributed by atoms with E-state index < -0.39 is 0 Å². The molecule has 0 aromatic carbocycles. The Morgan fingerprint density at radius 1 is 1.56 bits per heavy atom. The van der Waals surface area contributed by atoms with Crippen molar-refractivity contribution in [1.29, 1.82) is 0 Å². The summed E-state index contributed by atoms with van der Waals surface area (Å²) in [6, 6.07) is 3.66. The minimum Gasteiger partial charge on any atom is -0.316 e. The highest BCUT2D eigenvalue weighted by Gasteiger charge is 2.15. The summed E-state index contributed by atoms with van der Waals surface area (Å²) in [6.45, 7) is 2.20. The summed E-state index contributed by atoms with van der Waals surface area (Å²) in [5.41, 5.74) is 0.742. The molecular formula is C13H18N2O. The first-order valence-corrected chi connectivity index (χ1v) is 6.00. The van der Waals surface area contributed by atoms with Crippen LogP contribution in [0.3, 0.4) is 0 Å². The van der Waals surface area contributed by atoms with Crippen molar-refractivity contribution in [2.45, 2.75) is 25.7 Å². The molecule has 1 atom stereocenters. The molecule has 1 aromatic rings. The van der Waals surface area contributed by atoms with Crippen molar-refractivity contribution < 1.29 is 4.79 Å². The molecule has 3 heteroatoms. The van der Waals surface area contributed by atoms with Crippen LogP contribution in [-0.2, 0) is 0 Å². The molecular weight excluding hydrogens is 200 g/mol. The number of carbonyl (C=O) groups is 1. The lowest BCUT2D eigenvalue weighted by atomic mass is 9.93. The van der Waals surface area contributed by atoms with Crippen LogP contribution in [0.15, 0.2) is 24.5 Å². The molecule has 1 fully saturated rings. The van der Waals surface area contributed by atoms with Gasteiger partial charge in [0.25, 0.3) is 0 Å². The first-order chi connectivity index (χ1) is 7.86. The molecule has 1 aliphatic heterocycles. The minimum absolute atomic E-state index is 0.221. The number of nitrogens with zero attached hydrogens (tertiary/aromatic N) is 1. The van der Waals surface area contributed by atoms with Gasteiger partial charge in [-0.05, 0) is 50.4 Å². The van der Waals surface area contributed by atoms with E-state index in [-0.39, 0.29) is 5.78 Å². The molecule has 0 aliphatic carbocycles. The van der Waals surface area contributed by atoms with Crippen LogP contribution in [0.5, 0.6) is 0 Å². The Morgan fingerprint density at radius 3 is 3.19 bits per heavy atom. The van der Waals surface area contributed by atoms with Crippen LogP contribution in [0.25, 0.3) is 0 Å². The van der Waals surface area contributed by atoms with Crippen molar-refractivity contribution in [1.82, 2.24) is 10.3 Å². The van der Waals surface area contributed by atoms with Gasteiger partial charge in [0.2, 0.25) is 0 Å². The summed E-state index contributed by atoms with van der Waals surface area (Å²) in [5, 5.41) is 3.37. The molecule has 0 amide bonds. The molecule has 1 unspecified atom stereocenters. The minimum atomic E-state index is 0.221. The summed E-state index contributed by atoms with van der Waals surface area (Å²) >= 11 is 0. The van der Waals surface area contributed by atoms with Gasteiger partial charge in [0.05, 0.1) is 0 Å². The maximum atomic E-state index is 11.8. The van der Waals surface area contributed by atoms with Gasteiger partial charge in [-0.3, -0.25) is 9.78 Å².